The molecule has 0 saturated heterocycles. The highest BCUT2D eigenvalue weighted by Gasteiger charge is 2.08. The number of imidazole rings is 1. The van der Waals surface area contributed by atoms with Gasteiger partial charge in [-0.05, 0) is 13.3 Å². The summed E-state index contributed by atoms with van der Waals surface area (Å²) in [6.45, 7) is 4.75. The minimum atomic E-state index is 0.529. The number of aryl methyl sites for hydroxylation is 1. The molecule has 0 fully saturated rings. The highest BCUT2D eigenvalue weighted by molar-refractivity contribution is 5.15. The van der Waals surface area contributed by atoms with Crippen LogP contribution < -0.4 is 5.73 Å². The fourth-order valence-electron chi connectivity index (χ4n) is 1.50. The summed E-state index contributed by atoms with van der Waals surface area (Å²) in [5, 5.41) is 0. The van der Waals surface area contributed by atoms with Crippen LogP contribution in [0.3, 0.4) is 0 Å². The number of aromatic nitrogens is 2. The van der Waals surface area contributed by atoms with Gasteiger partial charge in [-0.3, -0.25) is 0 Å². The molecule has 0 saturated carbocycles. The Morgan fingerprint density at radius 3 is 2.58 bits per heavy atom. The van der Waals surface area contributed by atoms with Gasteiger partial charge >= 0.3 is 0 Å². The van der Waals surface area contributed by atoms with Gasteiger partial charge in [0.05, 0.1) is 12.2 Å². The van der Waals surface area contributed by atoms with Crippen molar-refractivity contribution < 1.29 is 0 Å². The van der Waals surface area contributed by atoms with Crippen molar-refractivity contribution in [3.8, 4) is 0 Å². The molecule has 1 heterocycles. The van der Waals surface area contributed by atoms with Crippen LogP contribution in [0.4, 0.5) is 0 Å². The Balaban J connectivity index is 3.01. The fourth-order valence-corrected chi connectivity index (χ4v) is 1.50. The maximum absolute atomic E-state index is 5.55. The summed E-state index contributed by atoms with van der Waals surface area (Å²) < 4.78 is 2.11. The summed E-state index contributed by atoms with van der Waals surface area (Å²) in [7, 11) is 2.03. The van der Waals surface area contributed by atoms with E-state index in [0.717, 1.165) is 24.4 Å². The maximum Gasteiger partial charge on any atom is 0.122 e. The second-order valence-corrected chi connectivity index (χ2v) is 3.07. The lowest BCUT2D eigenvalue weighted by molar-refractivity contribution is 0.732. The van der Waals surface area contributed by atoms with E-state index in [-0.39, 0.29) is 0 Å². The molecule has 12 heavy (non-hydrogen) atoms. The zero-order chi connectivity index (χ0) is 9.14. The van der Waals surface area contributed by atoms with Crippen LogP contribution in [-0.4, -0.2) is 9.55 Å². The largest absolute Gasteiger partial charge is 0.334 e. The van der Waals surface area contributed by atoms with E-state index in [1.165, 1.54) is 5.69 Å². The van der Waals surface area contributed by atoms with Crippen LogP contribution in [0.1, 0.15) is 30.6 Å². The van der Waals surface area contributed by atoms with E-state index in [9.17, 15) is 0 Å². The molecule has 0 bridgehead atoms. The third kappa shape index (κ3) is 1.50. The van der Waals surface area contributed by atoms with E-state index in [1.54, 1.807) is 0 Å². The number of rotatable bonds is 3. The first-order valence-electron chi connectivity index (χ1n) is 4.41. The van der Waals surface area contributed by atoms with Crippen molar-refractivity contribution in [1.82, 2.24) is 9.55 Å². The highest BCUT2D eigenvalue weighted by Crippen LogP contribution is 2.10. The zero-order valence-corrected chi connectivity index (χ0v) is 8.09. The van der Waals surface area contributed by atoms with Crippen LogP contribution >= 0.6 is 0 Å². The lowest BCUT2D eigenvalue weighted by Crippen LogP contribution is -2.06. The molecule has 0 aliphatic rings. The SMILES string of the molecule is CCCc1c(C)nc(CN)n1C. The van der Waals surface area contributed by atoms with Crippen molar-refractivity contribution in [2.75, 3.05) is 0 Å². The minimum Gasteiger partial charge on any atom is -0.334 e. The molecule has 0 amide bonds. The zero-order valence-electron chi connectivity index (χ0n) is 8.09. The van der Waals surface area contributed by atoms with Crippen LogP contribution in [0.25, 0.3) is 0 Å². The standard InChI is InChI=1S/C9H17N3/c1-4-5-8-7(2)11-9(6-10)12(8)3/h4-6,10H2,1-3H3. The molecule has 0 aliphatic heterocycles. The molecule has 0 spiro atoms. The molecule has 0 atom stereocenters. The van der Waals surface area contributed by atoms with Gasteiger partial charge in [-0.1, -0.05) is 13.3 Å². The van der Waals surface area contributed by atoms with Gasteiger partial charge in [-0.15, -0.1) is 0 Å². The van der Waals surface area contributed by atoms with Crippen molar-refractivity contribution in [2.24, 2.45) is 12.8 Å². The summed E-state index contributed by atoms with van der Waals surface area (Å²) in [5.74, 6) is 0.982. The molecule has 0 unspecified atom stereocenters. The molecule has 0 aliphatic carbocycles. The lowest BCUT2D eigenvalue weighted by Gasteiger charge is -2.03. The topological polar surface area (TPSA) is 43.8 Å². The number of nitrogens with zero attached hydrogens (tertiary/aromatic N) is 2. The van der Waals surface area contributed by atoms with Crippen molar-refractivity contribution in [3.63, 3.8) is 0 Å². The number of hydrogen-bond acceptors (Lipinski definition) is 2. The Bertz CT molecular complexity index is 263. The molecule has 1 aromatic rings. The van der Waals surface area contributed by atoms with Crippen LogP contribution in [0, 0.1) is 6.92 Å². The van der Waals surface area contributed by atoms with E-state index in [0.29, 0.717) is 6.54 Å². The second-order valence-electron chi connectivity index (χ2n) is 3.07. The Morgan fingerprint density at radius 2 is 2.17 bits per heavy atom. The first kappa shape index (κ1) is 9.26. The van der Waals surface area contributed by atoms with Crippen LogP contribution in [0.15, 0.2) is 0 Å². The molecular formula is C9H17N3. The molecule has 0 aromatic carbocycles. The first-order valence-corrected chi connectivity index (χ1v) is 4.41. The quantitative estimate of drug-likeness (QED) is 0.733. The van der Waals surface area contributed by atoms with E-state index in [4.69, 9.17) is 5.73 Å². The van der Waals surface area contributed by atoms with E-state index < -0.39 is 0 Å². The molecule has 68 valence electrons. The average Bonchev–Trinajstić information content (AvgIpc) is 2.32. The Hall–Kier alpha value is -0.830. The van der Waals surface area contributed by atoms with E-state index >= 15 is 0 Å². The summed E-state index contributed by atoms with van der Waals surface area (Å²) >= 11 is 0. The second kappa shape index (κ2) is 3.72. The highest BCUT2D eigenvalue weighted by atomic mass is 15.1. The van der Waals surface area contributed by atoms with Crippen molar-refractivity contribution in [2.45, 2.75) is 33.2 Å². The van der Waals surface area contributed by atoms with Crippen molar-refractivity contribution >= 4 is 0 Å². The van der Waals surface area contributed by atoms with Crippen LogP contribution in [0.5, 0.6) is 0 Å². The minimum absolute atomic E-state index is 0.529. The normalized spacial score (nSPS) is 10.7. The molecular weight excluding hydrogens is 150 g/mol. The number of nitrogens with two attached hydrogens (primary N) is 1. The van der Waals surface area contributed by atoms with Crippen LogP contribution in [0.2, 0.25) is 0 Å². The summed E-state index contributed by atoms with van der Waals surface area (Å²) in [6, 6.07) is 0. The first-order chi connectivity index (χ1) is 5.70. The fraction of sp³-hybridized carbons (Fsp3) is 0.667. The summed E-state index contributed by atoms with van der Waals surface area (Å²) in [6.07, 6.45) is 2.25. The molecule has 1 aromatic heterocycles. The third-order valence-electron chi connectivity index (χ3n) is 2.18. The van der Waals surface area contributed by atoms with Crippen molar-refractivity contribution in [1.29, 1.82) is 0 Å². The van der Waals surface area contributed by atoms with Gasteiger partial charge in [0.15, 0.2) is 0 Å². The predicted octanol–water partition coefficient (Wildman–Crippen LogP) is 1.14. The number of hydrogen-bond donors (Lipinski definition) is 1. The van der Waals surface area contributed by atoms with Gasteiger partial charge < -0.3 is 10.3 Å². The van der Waals surface area contributed by atoms with Gasteiger partial charge in [-0.25, -0.2) is 4.98 Å². The monoisotopic (exact) mass is 167 g/mol. The Morgan fingerprint density at radius 1 is 1.50 bits per heavy atom. The summed E-state index contributed by atoms with van der Waals surface area (Å²) in [5.41, 5.74) is 7.99. The van der Waals surface area contributed by atoms with Gasteiger partial charge in [-0.2, -0.15) is 0 Å². The molecule has 2 N–H and O–H groups in total. The van der Waals surface area contributed by atoms with Crippen LogP contribution in [-0.2, 0) is 20.0 Å². The Kier molecular flexibility index (Phi) is 2.87. The maximum atomic E-state index is 5.55. The molecule has 3 heteroatoms. The molecule has 0 radical (unpaired) electrons. The predicted molar refractivity (Wildman–Crippen MR) is 49.8 cm³/mol. The third-order valence-corrected chi connectivity index (χ3v) is 2.18. The van der Waals surface area contributed by atoms with Gasteiger partial charge in [0, 0.05) is 12.7 Å². The average molecular weight is 167 g/mol. The summed E-state index contributed by atoms with van der Waals surface area (Å²) in [4.78, 5) is 4.39. The smallest absolute Gasteiger partial charge is 0.122 e. The molecule has 1 rings (SSSR count). The van der Waals surface area contributed by atoms with Gasteiger partial charge in [0.25, 0.3) is 0 Å². The Labute approximate surface area is 73.6 Å². The molecule has 3 nitrogen and oxygen atoms in total. The van der Waals surface area contributed by atoms with Gasteiger partial charge in [0.2, 0.25) is 0 Å². The lowest BCUT2D eigenvalue weighted by atomic mass is 10.2. The van der Waals surface area contributed by atoms with E-state index in [1.807, 2.05) is 14.0 Å². The van der Waals surface area contributed by atoms with Gasteiger partial charge in [0.1, 0.15) is 5.82 Å². The van der Waals surface area contributed by atoms with E-state index in [2.05, 4.69) is 16.5 Å². The van der Waals surface area contributed by atoms with Crippen molar-refractivity contribution in [3.05, 3.63) is 17.2 Å².